The number of nitrogens with one attached hydrogen (secondary N) is 2. The molecule has 0 atom stereocenters. The third-order valence-electron chi connectivity index (χ3n) is 4.28. The summed E-state index contributed by atoms with van der Waals surface area (Å²) in [6.45, 7) is 0. The molecule has 0 spiro atoms. The van der Waals surface area contributed by atoms with Crippen molar-refractivity contribution >= 4 is 44.1 Å². The van der Waals surface area contributed by atoms with Crippen molar-refractivity contribution in [2.45, 2.75) is 23.8 Å². The molecule has 3 aromatic rings. The number of hydrogen-bond donors (Lipinski definition) is 2. The van der Waals surface area contributed by atoms with E-state index in [-0.39, 0.29) is 16.5 Å². The molecule has 1 saturated carbocycles. The SMILES string of the molecule is O=C(Nc1ccnc2c(Cl)cccc12)c1cccc(S(=O)(=O)NC2CC2)c1. The van der Waals surface area contributed by atoms with E-state index in [1.165, 1.54) is 12.1 Å². The fraction of sp³-hybridized carbons (Fsp3) is 0.158. The van der Waals surface area contributed by atoms with Crippen molar-refractivity contribution in [1.29, 1.82) is 0 Å². The van der Waals surface area contributed by atoms with Crippen molar-refractivity contribution in [2.24, 2.45) is 0 Å². The van der Waals surface area contributed by atoms with Gasteiger partial charge in [-0.05, 0) is 43.2 Å². The van der Waals surface area contributed by atoms with Crippen LogP contribution in [0.25, 0.3) is 10.9 Å². The highest BCUT2D eigenvalue weighted by Crippen LogP contribution is 2.27. The van der Waals surface area contributed by atoms with Gasteiger partial charge in [0.05, 0.1) is 21.1 Å². The van der Waals surface area contributed by atoms with Gasteiger partial charge in [-0.2, -0.15) is 0 Å². The zero-order chi connectivity index (χ0) is 19.0. The topological polar surface area (TPSA) is 88.2 Å². The number of rotatable bonds is 5. The molecule has 4 rings (SSSR count). The van der Waals surface area contributed by atoms with Crippen LogP contribution in [0.1, 0.15) is 23.2 Å². The Balaban J connectivity index is 1.63. The number of benzene rings is 2. The first-order valence-corrected chi connectivity index (χ1v) is 10.3. The van der Waals surface area contributed by atoms with Gasteiger partial charge in [0.15, 0.2) is 0 Å². The molecule has 0 radical (unpaired) electrons. The summed E-state index contributed by atoms with van der Waals surface area (Å²) < 4.78 is 27.3. The van der Waals surface area contributed by atoms with E-state index in [0.717, 1.165) is 12.8 Å². The van der Waals surface area contributed by atoms with Crippen LogP contribution < -0.4 is 10.0 Å². The summed E-state index contributed by atoms with van der Waals surface area (Å²) in [6, 6.07) is 13.0. The first-order chi connectivity index (χ1) is 12.9. The van der Waals surface area contributed by atoms with E-state index in [1.807, 2.05) is 6.07 Å². The Bertz CT molecular complexity index is 1140. The second-order valence-corrected chi connectivity index (χ2v) is 8.49. The monoisotopic (exact) mass is 401 g/mol. The van der Waals surface area contributed by atoms with Crippen molar-refractivity contribution in [3.05, 3.63) is 65.3 Å². The number of halogens is 1. The Morgan fingerprint density at radius 3 is 2.67 bits per heavy atom. The average Bonchev–Trinajstić information content (AvgIpc) is 3.46. The van der Waals surface area contributed by atoms with Crippen molar-refractivity contribution in [3.63, 3.8) is 0 Å². The molecular formula is C19H16ClN3O3S. The second-order valence-electron chi connectivity index (χ2n) is 6.37. The normalized spacial score (nSPS) is 14.3. The molecule has 1 aromatic heterocycles. The maximum atomic E-state index is 12.7. The van der Waals surface area contributed by atoms with Crippen LogP contribution in [0, 0.1) is 0 Å². The minimum atomic E-state index is -3.62. The van der Waals surface area contributed by atoms with Crippen LogP contribution in [-0.4, -0.2) is 25.4 Å². The highest BCUT2D eigenvalue weighted by molar-refractivity contribution is 7.89. The maximum Gasteiger partial charge on any atom is 0.255 e. The first kappa shape index (κ1) is 17.9. The first-order valence-electron chi connectivity index (χ1n) is 8.41. The van der Waals surface area contributed by atoms with Crippen LogP contribution in [0.15, 0.2) is 59.6 Å². The lowest BCUT2D eigenvalue weighted by atomic mass is 10.1. The average molecular weight is 402 g/mol. The molecule has 1 fully saturated rings. The predicted octanol–water partition coefficient (Wildman–Crippen LogP) is 3.58. The number of pyridine rings is 1. The van der Waals surface area contributed by atoms with Gasteiger partial charge < -0.3 is 5.32 Å². The van der Waals surface area contributed by atoms with Gasteiger partial charge >= 0.3 is 0 Å². The molecule has 27 heavy (non-hydrogen) atoms. The summed E-state index contributed by atoms with van der Waals surface area (Å²) in [5.74, 6) is -0.411. The molecule has 1 heterocycles. The Morgan fingerprint density at radius 2 is 1.89 bits per heavy atom. The summed E-state index contributed by atoms with van der Waals surface area (Å²) in [5, 5.41) is 4.00. The number of amides is 1. The third kappa shape index (κ3) is 3.80. The van der Waals surface area contributed by atoms with E-state index in [0.29, 0.717) is 21.6 Å². The Morgan fingerprint density at radius 1 is 1.11 bits per heavy atom. The molecular weight excluding hydrogens is 386 g/mol. The van der Waals surface area contributed by atoms with Crippen LogP contribution in [0.2, 0.25) is 5.02 Å². The molecule has 8 heteroatoms. The van der Waals surface area contributed by atoms with Crippen LogP contribution >= 0.6 is 11.6 Å². The van der Waals surface area contributed by atoms with Crippen molar-refractivity contribution < 1.29 is 13.2 Å². The molecule has 2 aromatic carbocycles. The number of para-hydroxylation sites is 1. The molecule has 138 valence electrons. The van der Waals surface area contributed by atoms with Crippen LogP contribution in [0.5, 0.6) is 0 Å². The molecule has 0 unspecified atom stereocenters. The summed E-state index contributed by atoms with van der Waals surface area (Å²) >= 11 is 6.15. The van der Waals surface area contributed by atoms with E-state index in [9.17, 15) is 13.2 Å². The highest BCUT2D eigenvalue weighted by Gasteiger charge is 2.28. The van der Waals surface area contributed by atoms with Gasteiger partial charge in [0, 0.05) is 23.2 Å². The van der Waals surface area contributed by atoms with Gasteiger partial charge in [-0.3, -0.25) is 9.78 Å². The van der Waals surface area contributed by atoms with Crippen LogP contribution in [-0.2, 0) is 10.0 Å². The summed E-state index contributed by atoms with van der Waals surface area (Å²) in [7, 11) is -3.62. The standard InChI is InChI=1S/C19H16ClN3O3S/c20-16-6-2-5-15-17(9-10-21-18(15)16)22-19(24)12-3-1-4-14(11-12)27(25,26)23-13-7-8-13/h1-6,9-11,13,23H,7-8H2,(H,21,22,24). The lowest BCUT2D eigenvalue weighted by molar-refractivity contribution is 0.102. The van der Waals surface area contributed by atoms with Crippen molar-refractivity contribution in [2.75, 3.05) is 5.32 Å². The molecule has 6 nitrogen and oxygen atoms in total. The molecule has 0 bridgehead atoms. The molecule has 1 aliphatic carbocycles. The Hall–Kier alpha value is -2.48. The van der Waals surface area contributed by atoms with Gasteiger partial charge in [0.2, 0.25) is 10.0 Å². The number of carbonyl (C=O) groups excluding carboxylic acids is 1. The largest absolute Gasteiger partial charge is 0.321 e. The summed E-state index contributed by atoms with van der Waals surface area (Å²) in [4.78, 5) is 17.0. The fourth-order valence-electron chi connectivity index (χ4n) is 2.74. The van der Waals surface area contributed by atoms with Crippen LogP contribution in [0.4, 0.5) is 5.69 Å². The minimum Gasteiger partial charge on any atom is -0.321 e. The quantitative estimate of drug-likeness (QED) is 0.683. The van der Waals surface area contributed by atoms with E-state index in [4.69, 9.17) is 11.6 Å². The molecule has 0 aliphatic heterocycles. The van der Waals surface area contributed by atoms with Gasteiger partial charge in [0.25, 0.3) is 5.91 Å². The Labute approximate surface area is 161 Å². The number of aromatic nitrogens is 1. The van der Waals surface area contributed by atoms with Crippen LogP contribution in [0.3, 0.4) is 0 Å². The number of nitrogens with zero attached hydrogens (tertiary/aromatic N) is 1. The van der Waals surface area contributed by atoms with Gasteiger partial charge in [-0.25, -0.2) is 13.1 Å². The van der Waals surface area contributed by atoms with E-state index in [1.54, 1.807) is 36.5 Å². The second kappa shape index (κ2) is 6.92. The zero-order valence-corrected chi connectivity index (χ0v) is 15.7. The van der Waals surface area contributed by atoms with E-state index < -0.39 is 15.9 Å². The zero-order valence-electron chi connectivity index (χ0n) is 14.1. The summed E-state index contributed by atoms with van der Waals surface area (Å²) in [6.07, 6.45) is 3.25. The number of carbonyl (C=O) groups is 1. The number of sulfonamides is 1. The van der Waals surface area contributed by atoms with Crippen molar-refractivity contribution in [3.8, 4) is 0 Å². The highest BCUT2D eigenvalue weighted by atomic mass is 35.5. The van der Waals surface area contributed by atoms with Gasteiger partial charge in [0.1, 0.15) is 0 Å². The number of fused-ring (bicyclic) bond motifs is 1. The molecule has 2 N–H and O–H groups in total. The molecule has 1 amide bonds. The number of hydrogen-bond acceptors (Lipinski definition) is 4. The minimum absolute atomic E-state index is 0.000384. The van der Waals surface area contributed by atoms with Gasteiger partial charge in [-0.1, -0.05) is 29.8 Å². The predicted molar refractivity (Wildman–Crippen MR) is 104 cm³/mol. The number of anilines is 1. The lowest BCUT2D eigenvalue weighted by Gasteiger charge is -2.10. The fourth-order valence-corrected chi connectivity index (χ4v) is 4.31. The molecule has 1 aliphatic rings. The summed E-state index contributed by atoms with van der Waals surface area (Å²) in [5.41, 5.74) is 1.39. The third-order valence-corrected chi connectivity index (χ3v) is 6.10. The molecule has 0 saturated heterocycles. The van der Waals surface area contributed by atoms with Gasteiger partial charge in [-0.15, -0.1) is 0 Å². The maximum absolute atomic E-state index is 12.7. The smallest absolute Gasteiger partial charge is 0.255 e. The van der Waals surface area contributed by atoms with Crippen molar-refractivity contribution in [1.82, 2.24) is 9.71 Å². The van der Waals surface area contributed by atoms with E-state index in [2.05, 4.69) is 15.0 Å². The Kier molecular flexibility index (Phi) is 4.59. The van der Waals surface area contributed by atoms with E-state index >= 15 is 0 Å². The lowest BCUT2D eigenvalue weighted by Crippen LogP contribution is -2.26.